The topological polar surface area (TPSA) is 51.2 Å². The number of benzene rings is 1. The molecule has 23 heavy (non-hydrogen) atoms. The van der Waals surface area contributed by atoms with E-state index in [1.165, 1.54) is 13.3 Å². The van der Waals surface area contributed by atoms with Crippen molar-refractivity contribution in [2.45, 2.75) is 6.18 Å². The van der Waals surface area contributed by atoms with Crippen molar-refractivity contribution >= 4 is 17.3 Å². The van der Waals surface area contributed by atoms with Gasteiger partial charge in [0.15, 0.2) is 0 Å². The van der Waals surface area contributed by atoms with Gasteiger partial charge in [0.2, 0.25) is 0 Å². The van der Waals surface area contributed by atoms with Crippen LogP contribution in [0.3, 0.4) is 0 Å². The molecule has 1 aromatic heterocycles. The van der Waals surface area contributed by atoms with Crippen molar-refractivity contribution in [1.29, 1.82) is 0 Å². The third-order valence-corrected chi connectivity index (χ3v) is 2.88. The van der Waals surface area contributed by atoms with Crippen LogP contribution in [0.1, 0.15) is 5.56 Å². The molecule has 120 valence electrons. The average molecular weight is 322 g/mol. The molecule has 0 bridgehead atoms. The van der Waals surface area contributed by atoms with Gasteiger partial charge in [0.25, 0.3) is 5.78 Å². The fourth-order valence-electron chi connectivity index (χ4n) is 1.75. The third-order valence-electron chi connectivity index (χ3n) is 2.88. The maximum absolute atomic E-state index is 12.5. The van der Waals surface area contributed by atoms with E-state index in [1.807, 2.05) is 0 Å². The molecule has 0 unspecified atom stereocenters. The number of hydrogen-bond donors (Lipinski definition) is 1. The van der Waals surface area contributed by atoms with Crippen molar-refractivity contribution in [2.75, 3.05) is 12.4 Å². The van der Waals surface area contributed by atoms with E-state index in [1.54, 1.807) is 42.5 Å². The number of allylic oxidation sites excluding steroid dienone is 1. The number of ether oxygens (including phenoxy) is 1. The smallest absolute Gasteiger partial charge is 0.454 e. The number of aromatic nitrogens is 1. The number of methoxy groups -OCH3 is 1. The largest absolute Gasteiger partial charge is 0.497 e. The summed E-state index contributed by atoms with van der Waals surface area (Å²) in [6.07, 6.45) is -2.94. The Labute approximate surface area is 130 Å². The summed E-state index contributed by atoms with van der Waals surface area (Å²) >= 11 is 0. The summed E-state index contributed by atoms with van der Waals surface area (Å²) in [6.45, 7) is 0. The summed E-state index contributed by atoms with van der Waals surface area (Å²) in [5.74, 6) is -1.08. The maximum Gasteiger partial charge on any atom is 0.454 e. The number of alkyl halides is 3. The number of carbonyl (C=O) groups is 1. The maximum atomic E-state index is 12.5. The number of carbonyl (C=O) groups excluding carboxylic acids is 1. The van der Waals surface area contributed by atoms with Gasteiger partial charge < -0.3 is 10.1 Å². The lowest BCUT2D eigenvalue weighted by atomic mass is 10.1. The lowest BCUT2D eigenvalue weighted by Crippen LogP contribution is -2.21. The van der Waals surface area contributed by atoms with Gasteiger partial charge in [0.05, 0.1) is 12.8 Å². The van der Waals surface area contributed by atoms with E-state index in [2.05, 4.69) is 10.3 Å². The molecule has 2 aromatic rings. The van der Waals surface area contributed by atoms with Gasteiger partial charge in [-0.1, -0.05) is 6.07 Å². The molecule has 0 aliphatic rings. The predicted molar refractivity (Wildman–Crippen MR) is 79.9 cm³/mol. The highest BCUT2D eigenvalue weighted by molar-refractivity contribution is 6.01. The quantitative estimate of drug-likeness (QED) is 0.853. The van der Waals surface area contributed by atoms with Crippen LogP contribution < -0.4 is 10.1 Å². The monoisotopic (exact) mass is 322 g/mol. The predicted octanol–water partition coefficient (Wildman–Crippen LogP) is 3.67. The first-order valence-corrected chi connectivity index (χ1v) is 6.55. The second-order valence-corrected chi connectivity index (χ2v) is 4.49. The van der Waals surface area contributed by atoms with E-state index >= 15 is 0 Å². The van der Waals surface area contributed by atoms with E-state index < -0.39 is 12.0 Å². The minimum Gasteiger partial charge on any atom is -0.497 e. The highest BCUT2D eigenvalue weighted by atomic mass is 19.4. The number of hydrogen-bond acceptors (Lipinski definition) is 4. The Morgan fingerprint density at radius 3 is 2.39 bits per heavy atom. The Morgan fingerprint density at radius 2 is 1.87 bits per heavy atom. The second kappa shape index (κ2) is 6.95. The number of rotatable bonds is 5. The molecule has 0 fully saturated rings. The normalized spacial score (nSPS) is 11.9. The van der Waals surface area contributed by atoms with Gasteiger partial charge in [-0.3, -0.25) is 4.79 Å². The zero-order chi connectivity index (χ0) is 16.9. The van der Waals surface area contributed by atoms with Crippen molar-refractivity contribution in [2.24, 2.45) is 0 Å². The molecule has 0 spiro atoms. The lowest BCUT2D eigenvalue weighted by Gasteiger charge is -2.12. The van der Waals surface area contributed by atoms with E-state index in [0.717, 1.165) is 0 Å². The lowest BCUT2D eigenvalue weighted by molar-refractivity contribution is -0.165. The fourth-order valence-corrected chi connectivity index (χ4v) is 1.75. The Bertz CT molecular complexity index is 696. The molecule has 0 aliphatic carbocycles. The van der Waals surface area contributed by atoms with Crippen molar-refractivity contribution in [3.63, 3.8) is 0 Å². The number of halogens is 3. The molecule has 0 aliphatic heterocycles. The molecular formula is C16H13F3N2O2. The van der Waals surface area contributed by atoms with Crippen molar-refractivity contribution in [3.8, 4) is 5.75 Å². The summed E-state index contributed by atoms with van der Waals surface area (Å²) in [7, 11) is 1.48. The zero-order valence-corrected chi connectivity index (χ0v) is 12.1. The van der Waals surface area contributed by atoms with Gasteiger partial charge in [-0.15, -0.1) is 0 Å². The third kappa shape index (κ3) is 4.57. The number of nitrogens with one attached hydrogen (secondary N) is 1. The van der Waals surface area contributed by atoms with Crippen LogP contribution >= 0.6 is 0 Å². The number of nitrogens with zero attached hydrogens (tertiary/aromatic N) is 1. The number of ketones is 1. The van der Waals surface area contributed by atoms with Crippen LogP contribution in [-0.2, 0) is 4.79 Å². The molecule has 7 heteroatoms. The molecule has 1 aromatic carbocycles. The first kappa shape index (κ1) is 16.5. The van der Waals surface area contributed by atoms with Crippen molar-refractivity contribution in [1.82, 2.24) is 4.98 Å². The summed E-state index contributed by atoms with van der Waals surface area (Å²) in [5, 5.41) is 2.72. The average Bonchev–Trinajstić information content (AvgIpc) is 2.54. The van der Waals surface area contributed by atoms with Gasteiger partial charge >= 0.3 is 6.18 Å². The molecule has 2 rings (SSSR count). The molecular weight excluding hydrogens is 309 g/mol. The Balaban J connectivity index is 2.37. The zero-order valence-electron chi connectivity index (χ0n) is 12.1. The van der Waals surface area contributed by atoms with Crippen LogP contribution in [0.4, 0.5) is 19.0 Å². The first-order valence-electron chi connectivity index (χ1n) is 6.55. The van der Waals surface area contributed by atoms with E-state index in [4.69, 9.17) is 4.74 Å². The minimum atomic E-state index is -4.94. The van der Waals surface area contributed by atoms with Crippen molar-refractivity contribution < 1.29 is 22.7 Å². The number of pyridine rings is 1. The fraction of sp³-hybridized carbons (Fsp3) is 0.125. The van der Waals surface area contributed by atoms with Gasteiger partial charge in [-0.2, -0.15) is 13.2 Å². The van der Waals surface area contributed by atoms with Crippen LogP contribution in [0.25, 0.3) is 5.70 Å². The second-order valence-electron chi connectivity index (χ2n) is 4.49. The molecule has 1 N–H and O–H groups in total. The standard InChI is InChI=1S/C16H13F3N2O2/c1-23-12-7-5-11(6-8-12)13(10-14(22)16(17,18)19)21-15-4-2-3-9-20-15/h2-10H,1H3,(H,20,21)/b13-10+. The van der Waals surface area contributed by atoms with E-state index in [0.29, 0.717) is 23.2 Å². The Kier molecular flexibility index (Phi) is 5.00. The molecule has 4 nitrogen and oxygen atoms in total. The van der Waals surface area contributed by atoms with E-state index in [-0.39, 0.29) is 5.70 Å². The first-order chi connectivity index (χ1) is 10.9. The SMILES string of the molecule is COc1ccc(/C(=C\C(=O)C(F)(F)F)Nc2ccccn2)cc1. The van der Waals surface area contributed by atoms with Crippen LogP contribution in [0.2, 0.25) is 0 Å². The van der Waals surface area contributed by atoms with Gasteiger partial charge in [0, 0.05) is 12.3 Å². The van der Waals surface area contributed by atoms with Crippen LogP contribution in [0.5, 0.6) is 5.75 Å². The molecule has 1 heterocycles. The highest BCUT2D eigenvalue weighted by Crippen LogP contribution is 2.23. The van der Waals surface area contributed by atoms with Crippen LogP contribution in [0, 0.1) is 0 Å². The van der Waals surface area contributed by atoms with Gasteiger partial charge in [0.1, 0.15) is 11.6 Å². The van der Waals surface area contributed by atoms with Gasteiger partial charge in [-0.25, -0.2) is 4.98 Å². The molecule has 0 saturated heterocycles. The van der Waals surface area contributed by atoms with Gasteiger partial charge in [-0.05, 0) is 42.0 Å². The van der Waals surface area contributed by atoms with E-state index in [9.17, 15) is 18.0 Å². The molecule has 0 amide bonds. The van der Waals surface area contributed by atoms with Crippen LogP contribution in [0.15, 0.2) is 54.7 Å². The Hall–Kier alpha value is -2.83. The number of anilines is 1. The molecule has 0 radical (unpaired) electrons. The highest BCUT2D eigenvalue weighted by Gasteiger charge is 2.36. The van der Waals surface area contributed by atoms with Crippen LogP contribution in [-0.4, -0.2) is 24.1 Å². The summed E-state index contributed by atoms with van der Waals surface area (Å²) in [5.41, 5.74) is 0.391. The summed E-state index contributed by atoms with van der Waals surface area (Å²) < 4.78 is 42.6. The summed E-state index contributed by atoms with van der Waals surface area (Å²) in [6, 6.07) is 11.2. The van der Waals surface area contributed by atoms with Crippen molar-refractivity contribution in [3.05, 3.63) is 60.3 Å². The molecule has 0 saturated carbocycles. The summed E-state index contributed by atoms with van der Waals surface area (Å²) in [4.78, 5) is 15.3. The molecule has 0 atom stereocenters. The Morgan fingerprint density at radius 1 is 1.17 bits per heavy atom. The minimum absolute atomic E-state index is 0.00585.